The van der Waals surface area contributed by atoms with Crippen LogP contribution in [-0.2, 0) is 10.0 Å². The van der Waals surface area contributed by atoms with Crippen molar-refractivity contribution in [3.63, 3.8) is 0 Å². The smallest absolute Gasteiger partial charge is 0.243 e. The monoisotopic (exact) mass is 423 g/mol. The van der Waals surface area contributed by atoms with Crippen LogP contribution in [0.15, 0.2) is 38.5 Å². The Kier molecular flexibility index (Phi) is 5.98. The molecule has 0 radical (unpaired) electrons. The van der Waals surface area contributed by atoms with E-state index in [1.807, 2.05) is 35.8 Å². The van der Waals surface area contributed by atoms with Gasteiger partial charge in [-0.3, -0.25) is 0 Å². The highest BCUT2D eigenvalue weighted by atomic mass is 79.9. The number of pyridine rings is 1. The van der Waals surface area contributed by atoms with Crippen molar-refractivity contribution >= 4 is 48.9 Å². The number of aromatic nitrogens is 1. The average molecular weight is 425 g/mol. The second-order valence-electron chi connectivity index (χ2n) is 4.83. The van der Waals surface area contributed by atoms with Crippen molar-refractivity contribution in [3.05, 3.63) is 44.3 Å². The fourth-order valence-electron chi connectivity index (χ4n) is 1.92. The number of nitrogens with one attached hydrogen (secondary N) is 1. The van der Waals surface area contributed by atoms with Crippen LogP contribution in [-0.4, -0.2) is 38.9 Å². The molecule has 0 saturated heterocycles. The molecule has 0 amide bonds. The lowest BCUT2D eigenvalue weighted by Gasteiger charge is -2.24. The fourth-order valence-corrected chi connectivity index (χ4v) is 4.61. The molecule has 2 aromatic rings. The van der Waals surface area contributed by atoms with Crippen LogP contribution < -0.4 is 4.72 Å². The van der Waals surface area contributed by atoms with Gasteiger partial charge in [-0.25, -0.2) is 18.1 Å². The summed E-state index contributed by atoms with van der Waals surface area (Å²) in [6.45, 7) is 0.245. The molecular weight excluding hydrogens is 410 g/mol. The van der Waals surface area contributed by atoms with Crippen LogP contribution in [0.25, 0.3) is 0 Å². The van der Waals surface area contributed by atoms with Gasteiger partial charge in [0.2, 0.25) is 10.0 Å². The molecule has 1 unspecified atom stereocenters. The molecule has 1 N–H and O–H groups in total. The minimum Gasteiger partial charge on any atom is -0.301 e. The van der Waals surface area contributed by atoms with Crippen molar-refractivity contribution in [1.29, 1.82) is 0 Å². The lowest BCUT2D eigenvalue weighted by molar-refractivity contribution is 0.300. The van der Waals surface area contributed by atoms with Crippen LogP contribution in [0.5, 0.6) is 0 Å². The molecule has 2 aromatic heterocycles. The van der Waals surface area contributed by atoms with Crippen LogP contribution in [0, 0.1) is 0 Å². The molecule has 9 heteroatoms. The Balaban J connectivity index is 2.20. The van der Waals surface area contributed by atoms with Gasteiger partial charge >= 0.3 is 0 Å². The number of hydrogen-bond acceptors (Lipinski definition) is 5. The largest absolute Gasteiger partial charge is 0.301 e. The van der Waals surface area contributed by atoms with Gasteiger partial charge in [0.25, 0.3) is 0 Å². The van der Waals surface area contributed by atoms with E-state index in [4.69, 9.17) is 11.6 Å². The molecule has 0 aliphatic rings. The molecule has 2 rings (SSSR count). The van der Waals surface area contributed by atoms with E-state index in [1.54, 1.807) is 11.3 Å². The lowest BCUT2D eigenvalue weighted by Crippen LogP contribution is -2.34. The van der Waals surface area contributed by atoms with E-state index in [1.165, 1.54) is 12.3 Å². The molecule has 0 spiro atoms. The van der Waals surface area contributed by atoms with Gasteiger partial charge in [0.05, 0.1) is 0 Å². The highest BCUT2D eigenvalue weighted by Crippen LogP contribution is 2.24. The van der Waals surface area contributed by atoms with Crippen molar-refractivity contribution in [2.45, 2.75) is 10.9 Å². The molecular formula is C13H15BrClN3O2S2. The topological polar surface area (TPSA) is 62.3 Å². The van der Waals surface area contributed by atoms with E-state index in [0.29, 0.717) is 4.47 Å². The van der Waals surface area contributed by atoms with Crippen LogP contribution >= 0.6 is 38.9 Å². The second-order valence-corrected chi connectivity index (χ2v) is 8.62. The summed E-state index contributed by atoms with van der Waals surface area (Å²) in [4.78, 5) is 5.78. The van der Waals surface area contributed by atoms with E-state index < -0.39 is 10.0 Å². The predicted molar refractivity (Wildman–Crippen MR) is 92.9 cm³/mol. The van der Waals surface area contributed by atoms with E-state index >= 15 is 0 Å². The fraction of sp³-hybridized carbons (Fsp3) is 0.308. The van der Waals surface area contributed by atoms with Crippen LogP contribution in [0.3, 0.4) is 0 Å². The van der Waals surface area contributed by atoms with Gasteiger partial charge in [0.15, 0.2) is 0 Å². The Labute approximate surface area is 147 Å². The van der Waals surface area contributed by atoms with Gasteiger partial charge in [-0.15, -0.1) is 0 Å². The Morgan fingerprint density at radius 2 is 2.23 bits per heavy atom. The molecule has 0 aliphatic carbocycles. The number of halogens is 2. The Morgan fingerprint density at radius 3 is 2.82 bits per heavy atom. The van der Waals surface area contributed by atoms with Crippen molar-refractivity contribution in [2.24, 2.45) is 0 Å². The maximum absolute atomic E-state index is 12.4. The normalized spacial score (nSPS) is 13.5. The molecule has 0 aromatic carbocycles. The number of thiophene rings is 1. The van der Waals surface area contributed by atoms with Crippen LogP contribution in [0.1, 0.15) is 11.6 Å². The Bertz CT molecular complexity index is 736. The third kappa shape index (κ3) is 4.27. The summed E-state index contributed by atoms with van der Waals surface area (Å²) in [7, 11) is 0.0832. The van der Waals surface area contributed by atoms with E-state index in [-0.39, 0.29) is 22.6 Å². The standard InChI is InChI=1S/C13H15BrClN3O2S2/c1-18(2)11(9-3-4-21-8-9)7-17-22(19,20)12-5-10(14)6-16-13(12)15/h3-6,8,11,17H,7H2,1-2H3. The van der Waals surface area contributed by atoms with Gasteiger partial charge in [0.1, 0.15) is 10.0 Å². The Hall–Kier alpha value is -0.510. The van der Waals surface area contributed by atoms with Gasteiger partial charge < -0.3 is 4.90 Å². The molecule has 0 fully saturated rings. The maximum Gasteiger partial charge on any atom is 0.243 e. The predicted octanol–water partition coefficient (Wildman–Crippen LogP) is 3.14. The van der Waals surface area contributed by atoms with E-state index in [9.17, 15) is 8.42 Å². The van der Waals surface area contributed by atoms with Gasteiger partial charge in [0, 0.05) is 23.3 Å². The molecule has 0 bridgehead atoms. The van der Waals surface area contributed by atoms with E-state index in [0.717, 1.165) is 5.56 Å². The minimum atomic E-state index is -3.73. The first-order chi connectivity index (χ1) is 10.3. The molecule has 0 aliphatic heterocycles. The summed E-state index contributed by atoms with van der Waals surface area (Å²) < 4.78 is 28.0. The third-order valence-electron chi connectivity index (χ3n) is 3.08. The molecule has 2 heterocycles. The first kappa shape index (κ1) is 17.8. The highest BCUT2D eigenvalue weighted by molar-refractivity contribution is 9.10. The molecule has 22 heavy (non-hydrogen) atoms. The summed E-state index contributed by atoms with van der Waals surface area (Å²) >= 11 is 10.7. The number of nitrogens with zero attached hydrogens (tertiary/aromatic N) is 2. The van der Waals surface area contributed by atoms with E-state index in [2.05, 4.69) is 25.6 Å². The first-order valence-electron chi connectivity index (χ1n) is 6.30. The van der Waals surface area contributed by atoms with Crippen molar-refractivity contribution in [3.8, 4) is 0 Å². The van der Waals surface area contributed by atoms with Crippen LogP contribution in [0.4, 0.5) is 0 Å². The Morgan fingerprint density at radius 1 is 1.50 bits per heavy atom. The van der Waals surface area contributed by atoms with Gasteiger partial charge in [-0.05, 0) is 58.5 Å². The van der Waals surface area contributed by atoms with Crippen molar-refractivity contribution in [1.82, 2.24) is 14.6 Å². The average Bonchev–Trinajstić information content (AvgIpc) is 2.95. The summed E-state index contributed by atoms with van der Waals surface area (Å²) in [6.07, 6.45) is 1.45. The number of rotatable bonds is 6. The number of sulfonamides is 1. The molecule has 120 valence electrons. The minimum absolute atomic E-state index is 0.0358. The summed E-state index contributed by atoms with van der Waals surface area (Å²) in [5.41, 5.74) is 1.07. The lowest BCUT2D eigenvalue weighted by atomic mass is 10.1. The number of hydrogen-bond donors (Lipinski definition) is 1. The van der Waals surface area contributed by atoms with Crippen LogP contribution in [0.2, 0.25) is 5.15 Å². The van der Waals surface area contributed by atoms with Gasteiger partial charge in [-0.2, -0.15) is 11.3 Å². The summed E-state index contributed by atoms with van der Waals surface area (Å²) in [5.74, 6) is 0. The molecule has 5 nitrogen and oxygen atoms in total. The molecule has 1 atom stereocenters. The maximum atomic E-state index is 12.4. The zero-order valence-corrected chi connectivity index (χ0v) is 15.9. The SMILES string of the molecule is CN(C)C(CNS(=O)(=O)c1cc(Br)cnc1Cl)c1ccsc1. The third-order valence-corrected chi connectivity index (χ3v) is 6.07. The van der Waals surface area contributed by atoms with Gasteiger partial charge in [-0.1, -0.05) is 11.6 Å². The summed E-state index contributed by atoms with van der Waals surface area (Å²) in [6, 6.07) is 3.37. The second kappa shape index (κ2) is 7.37. The molecule has 0 saturated carbocycles. The highest BCUT2D eigenvalue weighted by Gasteiger charge is 2.22. The van der Waals surface area contributed by atoms with Crippen molar-refractivity contribution in [2.75, 3.05) is 20.6 Å². The number of likely N-dealkylation sites (N-methyl/N-ethyl adjacent to an activating group) is 1. The summed E-state index contributed by atoms with van der Waals surface area (Å²) in [5, 5.41) is 3.93. The zero-order chi connectivity index (χ0) is 16.3. The van der Waals surface area contributed by atoms with Crippen molar-refractivity contribution < 1.29 is 8.42 Å². The zero-order valence-electron chi connectivity index (χ0n) is 12.0. The first-order valence-corrected chi connectivity index (χ1v) is 9.90. The quantitative estimate of drug-likeness (QED) is 0.724.